The number of ether oxygens (including phenoxy) is 3. The zero-order chi connectivity index (χ0) is 14.4. The molecule has 1 aliphatic heterocycles. The largest absolute Gasteiger partial charge is 1.00 e. The minimum atomic E-state index is 0. The van der Waals surface area contributed by atoms with Gasteiger partial charge in [-0.3, -0.25) is 0 Å². The Labute approximate surface area is 127 Å². The van der Waals surface area contributed by atoms with Crippen molar-refractivity contribution in [2.45, 2.75) is 13.8 Å². The Balaban J connectivity index is 0.00000220. The van der Waals surface area contributed by atoms with Gasteiger partial charge in [-0.25, -0.2) is 0 Å². The first-order valence-corrected chi connectivity index (χ1v) is 6.91. The molecule has 6 nitrogen and oxygen atoms in total. The molecule has 4 radical (unpaired) electrons. The first kappa shape index (κ1) is 17.1. The monoisotopic (exact) mass is 289 g/mol. The van der Waals surface area contributed by atoms with Crippen molar-refractivity contribution >= 4 is 19.8 Å². The molecule has 1 saturated heterocycles. The highest BCUT2D eigenvalue weighted by Gasteiger charge is 2.24. The van der Waals surface area contributed by atoms with Gasteiger partial charge in [-0.2, -0.15) is 0 Å². The molecule has 0 aromatic heterocycles. The van der Waals surface area contributed by atoms with E-state index >= 15 is 0 Å². The molecule has 0 amide bonds. The molecule has 0 bridgehead atoms. The van der Waals surface area contributed by atoms with E-state index in [0.29, 0.717) is 43.6 Å². The van der Waals surface area contributed by atoms with Crippen molar-refractivity contribution in [3.05, 3.63) is 17.1 Å². The van der Waals surface area contributed by atoms with Crippen molar-refractivity contribution in [3.8, 4) is 11.5 Å². The van der Waals surface area contributed by atoms with Gasteiger partial charge in [-0.1, -0.05) is 0 Å². The zero-order valence-electron chi connectivity index (χ0n) is 12.5. The predicted molar refractivity (Wildman–Crippen MR) is 82.3 cm³/mol. The smallest absolute Gasteiger partial charge is 0.430 e. The fraction of sp³-hybridized carbons (Fsp3) is 0.571. The molecule has 1 fully saturated rings. The van der Waals surface area contributed by atoms with E-state index in [1.165, 1.54) is 0 Å². The SMILES string of the molecule is CCOc1cc(N2CCOCC2)c(OCC)cc1[N+]#N.[B-]. The Hall–Kier alpha value is -1.94. The number of benzene rings is 1. The molecular weight excluding hydrogens is 269 g/mol. The highest BCUT2D eigenvalue weighted by Crippen LogP contribution is 2.40. The maximum absolute atomic E-state index is 9.09. The summed E-state index contributed by atoms with van der Waals surface area (Å²) in [5.74, 6) is 1.26. The third-order valence-electron chi connectivity index (χ3n) is 3.10. The van der Waals surface area contributed by atoms with Crippen molar-refractivity contribution < 1.29 is 14.2 Å². The minimum absolute atomic E-state index is 0. The Morgan fingerprint density at radius 3 is 2.33 bits per heavy atom. The molecule has 112 valence electrons. The summed E-state index contributed by atoms with van der Waals surface area (Å²) in [4.78, 5) is 5.46. The lowest BCUT2D eigenvalue weighted by molar-refractivity contribution is 0.122. The van der Waals surface area contributed by atoms with Gasteiger partial charge in [0, 0.05) is 19.2 Å². The molecule has 0 unspecified atom stereocenters. The van der Waals surface area contributed by atoms with Crippen LogP contribution in [0.4, 0.5) is 11.4 Å². The highest BCUT2D eigenvalue weighted by molar-refractivity contribution is 5.75. The third-order valence-corrected chi connectivity index (χ3v) is 3.10. The van der Waals surface area contributed by atoms with Gasteiger partial charge in [0.05, 0.1) is 38.2 Å². The molecule has 0 aliphatic carbocycles. The van der Waals surface area contributed by atoms with E-state index in [-0.39, 0.29) is 8.41 Å². The zero-order valence-corrected chi connectivity index (χ0v) is 12.5. The average Bonchev–Trinajstić information content (AvgIpc) is 2.49. The van der Waals surface area contributed by atoms with Crippen LogP contribution in [0.25, 0.3) is 4.98 Å². The number of hydrogen-bond donors (Lipinski definition) is 0. The highest BCUT2D eigenvalue weighted by atomic mass is 16.5. The number of morpholine rings is 1. The summed E-state index contributed by atoms with van der Waals surface area (Å²) in [5.41, 5.74) is 1.33. The molecule has 0 N–H and O–H groups in total. The molecule has 1 heterocycles. The molecule has 21 heavy (non-hydrogen) atoms. The van der Waals surface area contributed by atoms with Crippen LogP contribution in [0.5, 0.6) is 11.5 Å². The number of rotatable bonds is 5. The van der Waals surface area contributed by atoms with Gasteiger partial charge in [0.2, 0.25) is 11.1 Å². The fourth-order valence-corrected chi connectivity index (χ4v) is 2.21. The predicted octanol–water partition coefficient (Wildman–Crippen LogP) is 2.42. The first-order chi connectivity index (χ1) is 9.80. The van der Waals surface area contributed by atoms with Crippen molar-refractivity contribution in [1.29, 1.82) is 5.39 Å². The molecule has 1 aromatic carbocycles. The summed E-state index contributed by atoms with van der Waals surface area (Å²) in [7, 11) is 0. The van der Waals surface area contributed by atoms with Crippen LogP contribution >= 0.6 is 0 Å². The molecule has 1 aliphatic rings. The lowest BCUT2D eigenvalue weighted by Crippen LogP contribution is -2.36. The Bertz CT molecular complexity index is 499. The van der Waals surface area contributed by atoms with Crippen LogP contribution in [0.3, 0.4) is 0 Å². The van der Waals surface area contributed by atoms with E-state index in [2.05, 4.69) is 9.88 Å². The van der Waals surface area contributed by atoms with Crippen LogP contribution in [0.2, 0.25) is 0 Å². The van der Waals surface area contributed by atoms with Crippen LogP contribution < -0.4 is 14.4 Å². The Kier molecular flexibility index (Phi) is 6.83. The maximum atomic E-state index is 9.09. The molecular formula is C14H20BN3O3. The number of hydrogen-bond acceptors (Lipinski definition) is 5. The van der Waals surface area contributed by atoms with E-state index in [4.69, 9.17) is 19.6 Å². The van der Waals surface area contributed by atoms with E-state index < -0.39 is 0 Å². The van der Waals surface area contributed by atoms with Crippen molar-refractivity contribution in [2.75, 3.05) is 44.4 Å². The van der Waals surface area contributed by atoms with Gasteiger partial charge in [0.15, 0.2) is 10.7 Å². The van der Waals surface area contributed by atoms with E-state index in [0.717, 1.165) is 18.8 Å². The molecule has 0 atom stereocenters. The second-order valence-corrected chi connectivity index (χ2v) is 4.35. The fourth-order valence-electron chi connectivity index (χ4n) is 2.21. The summed E-state index contributed by atoms with van der Waals surface area (Å²) in [5, 5.41) is 9.09. The van der Waals surface area contributed by atoms with Gasteiger partial charge in [0.1, 0.15) is 0 Å². The van der Waals surface area contributed by atoms with Crippen LogP contribution in [-0.2, 0) is 4.74 Å². The molecule has 2 rings (SSSR count). The number of diazo groups is 1. The van der Waals surface area contributed by atoms with Crippen LogP contribution in [0.1, 0.15) is 13.8 Å². The van der Waals surface area contributed by atoms with Crippen LogP contribution in [0, 0.1) is 5.39 Å². The van der Waals surface area contributed by atoms with Crippen molar-refractivity contribution in [1.82, 2.24) is 0 Å². The van der Waals surface area contributed by atoms with E-state index in [1.54, 1.807) is 6.07 Å². The molecule has 0 spiro atoms. The quantitative estimate of drug-likeness (QED) is 0.615. The Morgan fingerprint density at radius 2 is 1.76 bits per heavy atom. The normalized spacial score (nSPS) is 14.0. The summed E-state index contributed by atoms with van der Waals surface area (Å²) in [6.07, 6.45) is 0. The number of nitrogens with zero attached hydrogens (tertiary/aromatic N) is 3. The van der Waals surface area contributed by atoms with Gasteiger partial charge < -0.3 is 27.5 Å². The Morgan fingerprint density at radius 1 is 1.14 bits per heavy atom. The van der Waals surface area contributed by atoms with Crippen molar-refractivity contribution in [3.63, 3.8) is 0 Å². The van der Waals surface area contributed by atoms with E-state index in [1.807, 2.05) is 19.9 Å². The molecule has 0 saturated carbocycles. The summed E-state index contributed by atoms with van der Waals surface area (Å²) in [6.45, 7) is 7.89. The lowest BCUT2D eigenvalue weighted by Gasteiger charge is -2.30. The van der Waals surface area contributed by atoms with Gasteiger partial charge >= 0.3 is 5.69 Å². The first-order valence-electron chi connectivity index (χ1n) is 6.91. The van der Waals surface area contributed by atoms with Crippen LogP contribution in [-0.4, -0.2) is 47.9 Å². The van der Waals surface area contributed by atoms with Gasteiger partial charge in [-0.05, 0) is 13.8 Å². The summed E-state index contributed by atoms with van der Waals surface area (Å²) in [6, 6.07) is 3.58. The van der Waals surface area contributed by atoms with Gasteiger partial charge in [-0.15, -0.1) is 0 Å². The maximum Gasteiger partial charge on any atom is 0.430 e. The number of anilines is 1. The van der Waals surface area contributed by atoms with Crippen LogP contribution in [0.15, 0.2) is 12.1 Å². The topological polar surface area (TPSA) is 59.1 Å². The summed E-state index contributed by atoms with van der Waals surface area (Å²) < 4.78 is 16.6. The summed E-state index contributed by atoms with van der Waals surface area (Å²) >= 11 is 0. The lowest BCUT2D eigenvalue weighted by atomic mass is 10.2. The second kappa shape index (κ2) is 8.37. The van der Waals surface area contributed by atoms with Gasteiger partial charge in [0.25, 0.3) is 0 Å². The molecule has 7 heteroatoms. The third kappa shape index (κ3) is 4.02. The second-order valence-electron chi connectivity index (χ2n) is 4.35. The van der Waals surface area contributed by atoms with E-state index in [9.17, 15) is 0 Å². The molecule has 1 aromatic rings. The van der Waals surface area contributed by atoms with Crippen molar-refractivity contribution in [2.24, 2.45) is 0 Å². The standard InChI is InChI=1S/C14H20N3O3.B/c1-3-19-13-10-12(17-5-7-18-8-6-17)14(20-4-2)9-11(13)16-15;/h9-10H,3-8H2,1-2H3;/q+1;-1. The minimum Gasteiger partial charge on any atom is -1.00 e. The average molecular weight is 289 g/mol.